The molecule has 3 N–H and O–H groups in total. The van der Waals surface area contributed by atoms with Crippen molar-refractivity contribution < 1.29 is 14.3 Å². The Kier molecular flexibility index (Phi) is 3.18. The lowest BCUT2D eigenvalue weighted by molar-refractivity contribution is 0.112. The van der Waals surface area contributed by atoms with Crippen LogP contribution in [0.25, 0.3) is 11.3 Å². The molecule has 0 saturated heterocycles. The minimum Gasteiger partial charge on any atom is -0.493 e. The van der Waals surface area contributed by atoms with Gasteiger partial charge in [0, 0.05) is 17.2 Å². The zero-order chi connectivity index (χ0) is 13.1. The number of aromatic nitrogens is 2. The first kappa shape index (κ1) is 12.0. The van der Waals surface area contributed by atoms with Gasteiger partial charge in [0.05, 0.1) is 19.9 Å². The van der Waals surface area contributed by atoms with Gasteiger partial charge in [-0.3, -0.25) is 9.89 Å². The number of methoxy groups -OCH3 is 2. The van der Waals surface area contributed by atoms with Crippen molar-refractivity contribution in [3.63, 3.8) is 0 Å². The molecule has 0 fully saturated rings. The van der Waals surface area contributed by atoms with Crippen LogP contribution in [-0.2, 0) is 0 Å². The Hall–Kier alpha value is -2.50. The maximum Gasteiger partial charge on any atom is 0.161 e. The lowest BCUT2D eigenvalue weighted by Gasteiger charge is -2.11. The van der Waals surface area contributed by atoms with Gasteiger partial charge in [0.1, 0.15) is 5.82 Å². The first-order valence-electron chi connectivity index (χ1n) is 5.22. The lowest BCUT2D eigenvalue weighted by atomic mass is 10.0. The number of hydrogen-bond acceptors (Lipinski definition) is 5. The number of anilines is 1. The molecule has 0 spiro atoms. The first-order valence-corrected chi connectivity index (χ1v) is 5.22. The van der Waals surface area contributed by atoms with E-state index >= 15 is 0 Å². The molecule has 0 aliphatic heterocycles. The molecule has 0 amide bonds. The molecule has 6 heteroatoms. The van der Waals surface area contributed by atoms with Gasteiger partial charge >= 0.3 is 0 Å². The summed E-state index contributed by atoms with van der Waals surface area (Å²) in [5, 5.41) is 6.59. The SMILES string of the molecule is COc1cc(C=O)c(-c2cc(N)n[nH]2)cc1OC. The van der Waals surface area contributed by atoms with Gasteiger partial charge in [-0.1, -0.05) is 0 Å². The van der Waals surface area contributed by atoms with Crippen LogP contribution in [0.4, 0.5) is 5.82 Å². The molecule has 2 aromatic rings. The Balaban J connectivity index is 2.62. The van der Waals surface area contributed by atoms with Crippen LogP contribution in [0.5, 0.6) is 11.5 Å². The van der Waals surface area contributed by atoms with Gasteiger partial charge < -0.3 is 15.2 Å². The van der Waals surface area contributed by atoms with E-state index in [-0.39, 0.29) is 0 Å². The largest absolute Gasteiger partial charge is 0.493 e. The number of ether oxygens (including phenoxy) is 2. The Morgan fingerprint density at radius 2 is 1.89 bits per heavy atom. The highest BCUT2D eigenvalue weighted by atomic mass is 16.5. The summed E-state index contributed by atoms with van der Waals surface area (Å²) in [6, 6.07) is 4.96. The summed E-state index contributed by atoms with van der Waals surface area (Å²) < 4.78 is 10.3. The van der Waals surface area contributed by atoms with Gasteiger partial charge in [-0.2, -0.15) is 5.10 Å². The van der Waals surface area contributed by atoms with Crippen molar-refractivity contribution in [1.82, 2.24) is 10.2 Å². The molecule has 0 saturated carbocycles. The number of aldehydes is 1. The second kappa shape index (κ2) is 4.79. The van der Waals surface area contributed by atoms with E-state index in [2.05, 4.69) is 10.2 Å². The van der Waals surface area contributed by atoms with Crippen LogP contribution in [0.2, 0.25) is 0 Å². The highest BCUT2D eigenvalue weighted by Gasteiger charge is 2.13. The Bertz CT molecular complexity index is 578. The molecule has 94 valence electrons. The molecule has 1 aromatic heterocycles. The molecular weight excluding hydrogens is 234 g/mol. The van der Waals surface area contributed by atoms with Crippen LogP contribution in [0.3, 0.4) is 0 Å². The van der Waals surface area contributed by atoms with E-state index in [1.165, 1.54) is 14.2 Å². The smallest absolute Gasteiger partial charge is 0.161 e. The standard InChI is InChI=1S/C12H13N3O3/c1-17-10-3-7(6-16)8(4-11(10)18-2)9-5-12(13)15-14-9/h3-6H,1-2H3,(H3,13,14,15). The van der Waals surface area contributed by atoms with Crippen molar-refractivity contribution in [2.24, 2.45) is 0 Å². The van der Waals surface area contributed by atoms with Gasteiger partial charge in [-0.15, -0.1) is 0 Å². The van der Waals surface area contributed by atoms with Crippen molar-refractivity contribution in [1.29, 1.82) is 0 Å². The summed E-state index contributed by atoms with van der Waals surface area (Å²) in [6.45, 7) is 0. The van der Waals surface area contributed by atoms with Gasteiger partial charge in [0.15, 0.2) is 17.8 Å². The molecule has 6 nitrogen and oxygen atoms in total. The maximum atomic E-state index is 11.1. The summed E-state index contributed by atoms with van der Waals surface area (Å²) >= 11 is 0. The molecule has 0 unspecified atom stereocenters. The Morgan fingerprint density at radius 1 is 1.22 bits per heavy atom. The minimum atomic E-state index is 0.358. The van der Waals surface area contributed by atoms with Gasteiger partial charge in [0.25, 0.3) is 0 Å². The molecule has 0 radical (unpaired) electrons. The molecule has 0 aliphatic rings. The number of nitrogen functional groups attached to an aromatic ring is 1. The maximum absolute atomic E-state index is 11.1. The molecule has 18 heavy (non-hydrogen) atoms. The quantitative estimate of drug-likeness (QED) is 0.799. The van der Waals surface area contributed by atoms with Crippen molar-refractivity contribution in [2.75, 3.05) is 20.0 Å². The van der Waals surface area contributed by atoms with E-state index in [0.29, 0.717) is 34.1 Å². The van der Waals surface area contributed by atoms with Crippen LogP contribution in [-0.4, -0.2) is 30.7 Å². The van der Waals surface area contributed by atoms with Crippen molar-refractivity contribution in [2.45, 2.75) is 0 Å². The number of benzene rings is 1. The van der Waals surface area contributed by atoms with Crippen LogP contribution in [0.1, 0.15) is 10.4 Å². The summed E-state index contributed by atoms with van der Waals surface area (Å²) in [6.07, 6.45) is 0.744. The number of rotatable bonds is 4. The zero-order valence-electron chi connectivity index (χ0n) is 10.1. The van der Waals surface area contributed by atoms with E-state index < -0.39 is 0 Å². The second-order valence-corrected chi connectivity index (χ2v) is 3.62. The molecular formula is C12H13N3O3. The van der Waals surface area contributed by atoms with E-state index in [1.807, 2.05) is 0 Å². The lowest BCUT2D eigenvalue weighted by Crippen LogP contribution is -1.95. The zero-order valence-corrected chi connectivity index (χ0v) is 10.1. The molecule has 1 aromatic carbocycles. The van der Waals surface area contributed by atoms with E-state index in [9.17, 15) is 4.79 Å². The Labute approximate surface area is 104 Å². The highest BCUT2D eigenvalue weighted by Crippen LogP contribution is 2.34. The number of nitrogens with zero attached hydrogens (tertiary/aromatic N) is 1. The third-order valence-electron chi connectivity index (χ3n) is 2.57. The summed E-state index contributed by atoms with van der Waals surface area (Å²) in [5.74, 6) is 1.39. The van der Waals surface area contributed by atoms with Crippen LogP contribution in [0.15, 0.2) is 18.2 Å². The van der Waals surface area contributed by atoms with Gasteiger partial charge in [0.2, 0.25) is 0 Å². The number of carbonyl (C=O) groups is 1. The van der Waals surface area contributed by atoms with Crippen LogP contribution >= 0.6 is 0 Å². The molecule has 1 heterocycles. The molecule has 0 atom stereocenters. The highest BCUT2D eigenvalue weighted by molar-refractivity contribution is 5.88. The van der Waals surface area contributed by atoms with E-state index in [1.54, 1.807) is 18.2 Å². The van der Waals surface area contributed by atoms with Crippen molar-refractivity contribution >= 4 is 12.1 Å². The number of carbonyl (C=O) groups excluding carboxylic acids is 1. The topological polar surface area (TPSA) is 90.2 Å². The monoisotopic (exact) mass is 247 g/mol. The predicted molar refractivity (Wildman–Crippen MR) is 66.9 cm³/mol. The molecule has 2 rings (SSSR count). The number of nitrogens with two attached hydrogens (primary N) is 1. The van der Waals surface area contributed by atoms with E-state index in [4.69, 9.17) is 15.2 Å². The molecule has 0 aliphatic carbocycles. The van der Waals surface area contributed by atoms with E-state index in [0.717, 1.165) is 6.29 Å². The van der Waals surface area contributed by atoms with Crippen LogP contribution < -0.4 is 15.2 Å². The second-order valence-electron chi connectivity index (χ2n) is 3.62. The summed E-state index contributed by atoms with van der Waals surface area (Å²) in [7, 11) is 3.05. The fourth-order valence-electron chi connectivity index (χ4n) is 1.70. The number of nitrogens with one attached hydrogen (secondary N) is 1. The number of aromatic amines is 1. The fraction of sp³-hybridized carbons (Fsp3) is 0.167. The average molecular weight is 247 g/mol. The van der Waals surface area contributed by atoms with Crippen LogP contribution in [0, 0.1) is 0 Å². The fourth-order valence-corrected chi connectivity index (χ4v) is 1.70. The normalized spacial score (nSPS) is 10.1. The van der Waals surface area contributed by atoms with Gasteiger partial charge in [-0.05, 0) is 12.1 Å². The van der Waals surface area contributed by atoms with Crippen molar-refractivity contribution in [3.8, 4) is 22.8 Å². The number of hydrogen-bond donors (Lipinski definition) is 2. The third-order valence-corrected chi connectivity index (χ3v) is 2.57. The van der Waals surface area contributed by atoms with Gasteiger partial charge in [-0.25, -0.2) is 0 Å². The van der Waals surface area contributed by atoms with Crippen molar-refractivity contribution in [3.05, 3.63) is 23.8 Å². The summed E-state index contributed by atoms with van der Waals surface area (Å²) in [5.41, 5.74) is 7.32. The average Bonchev–Trinajstić information content (AvgIpc) is 2.83. The molecule has 0 bridgehead atoms. The predicted octanol–water partition coefficient (Wildman–Crippen LogP) is 1.49. The first-order chi connectivity index (χ1) is 8.69. The summed E-state index contributed by atoms with van der Waals surface area (Å²) in [4.78, 5) is 11.1. The third kappa shape index (κ3) is 2.00. The number of H-pyrrole nitrogens is 1. The minimum absolute atomic E-state index is 0.358. The Morgan fingerprint density at radius 3 is 2.39 bits per heavy atom.